The average Bonchev–Trinajstić information content (AvgIpc) is 1.88. The van der Waals surface area contributed by atoms with Crippen molar-refractivity contribution in [2.75, 3.05) is 0 Å². The molecule has 54 valence electrons. The summed E-state index contributed by atoms with van der Waals surface area (Å²) in [7, 11) is 0. The first kappa shape index (κ1) is 7.48. The summed E-state index contributed by atoms with van der Waals surface area (Å²) in [6.07, 6.45) is 4.54. The molecule has 0 spiro atoms. The topological polar surface area (TPSA) is 17.1 Å². The van der Waals surface area contributed by atoms with E-state index in [9.17, 15) is 9.18 Å². The first-order chi connectivity index (χ1) is 4.70. The van der Waals surface area contributed by atoms with Crippen molar-refractivity contribution in [2.24, 2.45) is 5.92 Å². The number of rotatable bonds is 1. The van der Waals surface area contributed by atoms with E-state index in [1.807, 2.05) is 0 Å². The molecule has 1 unspecified atom stereocenters. The quantitative estimate of drug-likeness (QED) is 0.538. The molecule has 0 radical (unpaired) electrons. The molecule has 1 nitrogen and oxygen atoms in total. The van der Waals surface area contributed by atoms with Crippen LogP contribution in [0.15, 0.2) is 24.1 Å². The fourth-order valence-electron chi connectivity index (χ4n) is 0.796. The van der Waals surface area contributed by atoms with Gasteiger partial charge < -0.3 is 0 Å². The van der Waals surface area contributed by atoms with Gasteiger partial charge in [0, 0.05) is 6.42 Å². The van der Waals surface area contributed by atoms with E-state index in [0.29, 0.717) is 0 Å². The number of carbonyl (C=O) groups excluding carboxylic acids is 1. The summed E-state index contributed by atoms with van der Waals surface area (Å²) in [4.78, 5) is 10.5. The minimum absolute atomic E-state index is 0.110. The van der Waals surface area contributed by atoms with Gasteiger partial charge in [0.15, 0.2) is 0 Å². The lowest BCUT2D eigenvalue weighted by Gasteiger charge is -2.07. The van der Waals surface area contributed by atoms with Crippen LogP contribution in [0.3, 0.4) is 0 Å². The van der Waals surface area contributed by atoms with Crippen LogP contribution in [0.25, 0.3) is 0 Å². The lowest BCUT2D eigenvalue weighted by Crippen LogP contribution is -2.07. The van der Waals surface area contributed by atoms with Crippen molar-refractivity contribution in [3.63, 3.8) is 0 Å². The Balaban J connectivity index is 2.64. The van der Waals surface area contributed by atoms with E-state index in [2.05, 4.69) is 0 Å². The van der Waals surface area contributed by atoms with Crippen LogP contribution in [0.1, 0.15) is 6.42 Å². The molecule has 0 saturated heterocycles. The van der Waals surface area contributed by atoms with Crippen molar-refractivity contribution < 1.29 is 9.18 Å². The predicted octanol–water partition coefficient (Wildman–Crippen LogP) is 2.18. The Kier molecular flexibility index (Phi) is 2.22. The van der Waals surface area contributed by atoms with Gasteiger partial charge in [0.2, 0.25) is 5.24 Å². The number of hydrogen-bond donors (Lipinski definition) is 0. The van der Waals surface area contributed by atoms with Gasteiger partial charge in [-0.2, -0.15) is 0 Å². The van der Waals surface area contributed by atoms with Gasteiger partial charge in [-0.05, 0) is 17.7 Å². The Morgan fingerprint density at radius 3 is 2.90 bits per heavy atom. The average molecular weight is 161 g/mol. The fourth-order valence-corrected chi connectivity index (χ4v) is 0.946. The van der Waals surface area contributed by atoms with Crippen LogP contribution in [0.5, 0.6) is 0 Å². The molecule has 1 rings (SSSR count). The van der Waals surface area contributed by atoms with Gasteiger partial charge in [-0.25, -0.2) is 4.39 Å². The van der Waals surface area contributed by atoms with E-state index in [0.717, 1.165) is 0 Å². The van der Waals surface area contributed by atoms with Crippen LogP contribution in [-0.2, 0) is 4.79 Å². The van der Waals surface area contributed by atoms with Gasteiger partial charge in [0.1, 0.15) is 5.83 Å². The van der Waals surface area contributed by atoms with E-state index in [4.69, 9.17) is 11.6 Å². The molecule has 1 aliphatic carbocycles. The number of halogens is 2. The second-order valence-corrected chi connectivity index (χ2v) is 2.49. The van der Waals surface area contributed by atoms with Crippen LogP contribution >= 0.6 is 11.6 Å². The van der Waals surface area contributed by atoms with Gasteiger partial charge in [0.05, 0.1) is 5.92 Å². The van der Waals surface area contributed by atoms with E-state index >= 15 is 0 Å². The van der Waals surface area contributed by atoms with Crippen LogP contribution in [0.4, 0.5) is 4.39 Å². The summed E-state index contributed by atoms with van der Waals surface area (Å²) >= 11 is 5.14. The molecule has 1 aliphatic rings. The largest absolute Gasteiger partial charge is 0.281 e. The van der Waals surface area contributed by atoms with Gasteiger partial charge in [-0.15, -0.1) is 0 Å². The molecule has 10 heavy (non-hydrogen) atoms. The van der Waals surface area contributed by atoms with Crippen molar-refractivity contribution in [3.05, 3.63) is 24.1 Å². The lowest BCUT2D eigenvalue weighted by molar-refractivity contribution is -0.114. The summed E-state index contributed by atoms with van der Waals surface area (Å²) in [5.41, 5.74) is 0. The molecular formula is C7H6ClFO. The number of hydrogen-bond acceptors (Lipinski definition) is 1. The molecule has 0 aromatic carbocycles. The normalized spacial score (nSPS) is 24.2. The molecule has 0 bridgehead atoms. The molecule has 3 heteroatoms. The molecule has 0 fully saturated rings. The standard InChI is InChI=1S/C7H6ClFO/c8-7(10)5-2-1-3-6(9)4-5/h1-3,5H,4H2. The fraction of sp³-hybridized carbons (Fsp3) is 0.286. The summed E-state index contributed by atoms with van der Waals surface area (Å²) in [5.74, 6) is -0.756. The number of allylic oxidation sites excluding steroid dienone is 4. The SMILES string of the molecule is O=C(Cl)C1C=CC=C(F)C1. The first-order valence-corrected chi connectivity index (χ1v) is 3.30. The van der Waals surface area contributed by atoms with Crippen molar-refractivity contribution in [1.82, 2.24) is 0 Å². The highest BCUT2D eigenvalue weighted by Crippen LogP contribution is 2.20. The van der Waals surface area contributed by atoms with Gasteiger partial charge in [0.25, 0.3) is 0 Å². The Hall–Kier alpha value is -0.630. The molecule has 1 atom stereocenters. The van der Waals surface area contributed by atoms with E-state index in [1.54, 1.807) is 6.08 Å². The highest BCUT2D eigenvalue weighted by atomic mass is 35.5. The third-order valence-electron chi connectivity index (χ3n) is 1.33. The van der Waals surface area contributed by atoms with Crippen molar-refractivity contribution in [3.8, 4) is 0 Å². The summed E-state index contributed by atoms with van der Waals surface area (Å²) in [6.45, 7) is 0. The molecule has 0 aliphatic heterocycles. The summed E-state index contributed by atoms with van der Waals surface area (Å²) in [6, 6.07) is 0. The van der Waals surface area contributed by atoms with Gasteiger partial charge >= 0.3 is 0 Å². The zero-order valence-electron chi connectivity index (χ0n) is 5.18. The van der Waals surface area contributed by atoms with Crippen LogP contribution < -0.4 is 0 Å². The van der Waals surface area contributed by atoms with E-state index in [-0.39, 0.29) is 12.2 Å². The maximum absolute atomic E-state index is 12.4. The second-order valence-electron chi connectivity index (χ2n) is 2.11. The van der Waals surface area contributed by atoms with E-state index in [1.165, 1.54) is 12.2 Å². The Bertz CT molecular complexity index is 208. The van der Waals surface area contributed by atoms with Crippen molar-refractivity contribution in [2.45, 2.75) is 6.42 Å². The highest BCUT2D eigenvalue weighted by molar-refractivity contribution is 6.64. The molecule has 0 aromatic heterocycles. The maximum atomic E-state index is 12.4. The molecule has 0 heterocycles. The molecular weight excluding hydrogens is 155 g/mol. The zero-order valence-corrected chi connectivity index (χ0v) is 5.94. The monoisotopic (exact) mass is 160 g/mol. The van der Waals surface area contributed by atoms with Crippen LogP contribution in [-0.4, -0.2) is 5.24 Å². The minimum atomic E-state index is -0.500. The first-order valence-electron chi connectivity index (χ1n) is 2.92. The Labute approximate surface area is 63.2 Å². The Morgan fingerprint density at radius 2 is 2.50 bits per heavy atom. The van der Waals surface area contributed by atoms with Gasteiger partial charge in [-0.1, -0.05) is 12.2 Å². The maximum Gasteiger partial charge on any atom is 0.228 e. The molecule has 0 saturated carbocycles. The zero-order chi connectivity index (χ0) is 7.56. The van der Waals surface area contributed by atoms with Crippen LogP contribution in [0.2, 0.25) is 0 Å². The summed E-state index contributed by atoms with van der Waals surface area (Å²) in [5, 5.41) is -0.500. The third-order valence-corrected chi connectivity index (χ3v) is 1.61. The third kappa shape index (κ3) is 1.67. The Morgan fingerprint density at radius 1 is 1.80 bits per heavy atom. The van der Waals surface area contributed by atoms with Crippen molar-refractivity contribution in [1.29, 1.82) is 0 Å². The highest BCUT2D eigenvalue weighted by Gasteiger charge is 2.16. The van der Waals surface area contributed by atoms with Crippen LogP contribution in [0, 0.1) is 5.92 Å². The molecule has 0 aromatic rings. The second kappa shape index (κ2) is 2.97. The molecule has 0 N–H and O–H groups in total. The van der Waals surface area contributed by atoms with E-state index < -0.39 is 11.2 Å². The van der Waals surface area contributed by atoms with Gasteiger partial charge in [-0.3, -0.25) is 4.79 Å². The number of carbonyl (C=O) groups is 1. The smallest absolute Gasteiger partial charge is 0.228 e. The lowest BCUT2D eigenvalue weighted by atomic mass is 10.0. The van der Waals surface area contributed by atoms with Crippen molar-refractivity contribution >= 4 is 16.8 Å². The predicted molar refractivity (Wildman–Crippen MR) is 37.3 cm³/mol. The summed E-state index contributed by atoms with van der Waals surface area (Å²) < 4.78 is 12.4. The minimum Gasteiger partial charge on any atom is -0.281 e. The molecule has 0 amide bonds.